The van der Waals surface area contributed by atoms with Crippen molar-refractivity contribution < 1.29 is 9.21 Å². The average molecular weight is 330 g/mol. The lowest BCUT2D eigenvalue weighted by atomic mass is 10.2. The van der Waals surface area contributed by atoms with Crippen molar-refractivity contribution in [3.63, 3.8) is 0 Å². The molecule has 0 spiro atoms. The lowest BCUT2D eigenvalue weighted by molar-refractivity contribution is 0.0998. The van der Waals surface area contributed by atoms with Gasteiger partial charge in [-0.2, -0.15) is 0 Å². The van der Waals surface area contributed by atoms with Gasteiger partial charge in [0.1, 0.15) is 5.58 Å². The summed E-state index contributed by atoms with van der Waals surface area (Å²) in [7, 11) is 0. The number of benzene rings is 2. The molecule has 0 saturated heterocycles. The van der Waals surface area contributed by atoms with Gasteiger partial charge in [0, 0.05) is 15.5 Å². The number of anilines is 1. The number of furan rings is 1. The van der Waals surface area contributed by atoms with Crippen LogP contribution in [0.2, 0.25) is 0 Å². The monoisotopic (exact) mass is 329 g/mol. The molecule has 4 heteroatoms. The molecule has 0 aliphatic heterocycles. The quantitative estimate of drug-likeness (QED) is 0.736. The SMILES string of the molecule is Cc1ccc2oc(C(=O)Nc3cccc(Br)c3)cc2c1. The Kier molecular flexibility index (Phi) is 3.32. The largest absolute Gasteiger partial charge is 0.451 e. The summed E-state index contributed by atoms with van der Waals surface area (Å²) in [5, 5.41) is 3.75. The van der Waals surface area contributed by atoms with Crippen LogP contribution in [0.1, 0.15) is 16.1 Å². The van der Waals surface area contributed by atoms with E-state index in [1.165, 1.54) is 0 Å². The van der Waals surface area contributed by atoms with E-state index >= 15 is 0 Å². The fourth-order valence-corrected chi connectivity index (χ4v) is 2.43. The zero-order valence-corrected chi connectivity index (χ0v) is 12.4. The molecule has 1 amide bonds. The Morgan fingerprint density at radius 1 is 1.15 bits per heavy atom. The summed E-state index contributed by atoms with van der Waals surface area (Å²) in [6.45, 7) is 2.01. The lowest BCUT2D eigenvalue weighted by Crippen LogP contribution is -2.10. The minimum Gasteiger partial charge on any atom is -0.451 e. The van der Waals surface area contributed by atoms with Gasteiger partial charge in [-0.1, -0.05) is 33.6 Å². The zero-order chi connectivity index (χ0) is 14.1. The number of hydrogen-bond acceptors (Lipinski definition) is 2. The van der Waals surface area contributed by atoms with Gasteiger partial charge in [-0.15, -0.1) is 0 Å². The highest BCUT2D eigenvalue weighted by molar-refractivity contribution is 9.10. The summed E-state index contributed by atoms with van der Waals surface area (Å²) in [6, 6.07) is 15.0. The van der Waals surface area contributed by atoms with Gasteiger partial charge in [-0.3, -0.25) is 4.79 Å². The first kappa shape index (κ1) is 12.9. The van der Waals surface area contributed by atoms with E-state index in [4.69, 9.17) is 4.42 Å². The number of carbonyl (C=O) groups excluding carboxylic acids is 1. The number of rotatable bonds is 2. The van der Waals surface area contributed by atoms with Crippen molar-refractivity contribution in [1.29, 1.82) is 0 Å². The molecule has 0 aliphatic carbocycles. The standard InChI is InChI=1S/C16H12BrNO2/c1-10-5-6-14-11(7-10)8-15(20-14)16(19)18-13-4-2-3-12(17)9-13/h2-9H,1H3,(H,18,19). The molecule has 1 heterocycles. The second-order valence-corrected chi connectivity index (χ2v) is 5.53. The normalized spacial score (nSPS) is 10.7. The number of halogens is 1. The smallest absolute Gasteiger partial charge is 0.291 e. The van der Waals surface area contributed by atoms with Gasteiger partial charge >= 0.3 is 0 Å². The first-order chi connectivity index (χ1) is 9.61. The molecule has 0 unspecified atom stereocenters. The van der Waals surface area contributed by atoms with E-state index in [-0.39, 0.29) is 5.91 Å². The molecule has 0 radical (unpaired) electrons. The molecule has 20 heavy (non-hydrogen) atoms. The maximum Gasteiger partial charge on any atom is 0.291 e. The molecule has 1 aromatic heterocycles. The van der Waals surface area contributed by atoms with E-state index in [0.717, 1.165) is 26.7 Å². The van der Waals surface area contributed by atoms with Gasteiger partial charge in [0.05, 0.1) is 0 Å². The van der Waals surface area contributed by atoms with Crippen molar-refractivity contribution in [3.05, 3.63) is 64.3 Å². The number of hydrogen-bond donors (Lipinski definition) is 1. The summed E-state index contributed by atoms with van der Waals surface area (Å²) in [5.74, 6) is 0.0579. The van der Waals surface area contributed by atoms with Crippen LogP contribution < -0.4 is 5.32 Å². The van der Waals surface area contributed by atoms with Crippen LogP contribution in [0.15, 0.2) is 57.4 Å². The predicted molar refractivity (Wildman–Crippen MR) is 83.0 cm³/mol. The maximum atomic E-state index is 12.2. The third-order valence-corrected chi connectivity index (χ3v) is 3.47. The summed E-state index contributed by atoms with van der Waals surface area (Å²) >= 11 is 3.37. The van der Waals surface area contributed by atoms with E-state index in [1.807, 2.05) is 49.4 Å². The maximum absolute atomic E-state index is 12.2. The van der Waals surface area contributed by atoms with Crippen molar-refractivity contribution in [2.24, 2.45) is 0 Å². The number of aryl methyl sites for hydroxylation is 1. The van der Waals surface area contributed by atoms with Gasteiger partial charge in [0.25, 0.3) is 5.91 Å². The number of amides is 1. The molecule has 0 atom stereocenters. The Morgan fingerprint density at radius 3 is 2.80 bits per heavy atom. The van der Waals surface area contributed by atoms with Crippen molar-refractivity contribution in [2.45, 2.75) is 6.92 Å². The van der Waals surface area contributed by atoms with Crippen LogP contribution in [0.4, 0.5) is 5.69 Å². The van der Waals surface area contributed by atoms with Crippen LogP contribution in [-0.2, 0) is 0 Å². The van der Waals surface area contributed by atoms with E-state index in [9.17, 15) is 4.79 Å². The third-order valence-electron chi connectivity index (χ3n) is 2.98. The van der Waals surface area contributed by atoms with Crippen LogP contribution in [0.25, 0.3) is 11.0 Å². The highest BCUT2D eigenvalue weighted by atomic mass is 79.9. The van der Waals surface area contributed by atoms with Gasteiger partial charge < -0.3 is 9.73 Å². The molecule has 100 valence electrons. The average Bonchev–Trinajstić information content (AvgIpc) is 2.81. The summed E-state index contributed by atoms with van der Waals surface area (Å²) < 4.78 is 6.48. The molecular formula is C16H12BrNO2. The van der Waals surface area contributed by atoms with Crippen LogP contribution in [0.5, 0.6) is 0 Å². The first-order valence-corrected chi connectivity index (χ1v) is 6.98. The van der Waals surface area contributed by atoms with Crippen molar-refractivity contribution in [3.8, 4) is 0 Å². The van der Waals surface area contributed by atoms with Crippen molar-refractivity contribution >= 4 is 38.5 Å². The Balaban J connectivity index is 1.88. The highest BCUT2D eigenvalue weighted by Crippen LogP contribution is 2.22. The van der Waals surface area contributed by atoms with E-state index in [2.05, 4.69) is 21.2 Å². The van der Waals surface area contributed by atoms with Crippen molar-refractivity contribution in [1.82, 2.24) is 0 Å². The van der Waals surface area contributed by atoms with Gasteiger partial charge in [0.15, 0.2) is 5.76 Å². The molecule has 3 rings (SSSR count). The fraction of sp³-hybridized carbons (Fsp3) is 0.0625. The Labute approximate surface area is 124 Å². The lowest BCUT2D eigenvalue weighted by Gasteiger charge is -2.02. The molecule has 0 bridgehead atoms. The van der Waals surface area contributed by atoms with Crippen LogP contribution in [0.3, 0.4) is 0 Å². The molecule has 3 aromatic rings. The molecule has 1 N–H and O–H groups in total. The molecule has 3 nitrogen and oxygen atoms in total. The second kappa shape index (κ2) is 5.13. The van der Waals surface area contributed by atoms with Crippen LogP contribution in [-0.4, -0.2) is 5.91 Å². The summed E-state index contributed by atoms with van der Waals surface area (Å²) in [4.78, 5) is 12.2. The predicted octanol–water partition coefficient (Wildman–Crippen LogP) is 4.76. The molecular weight excluding hydrogens is 318 g/mol. The zero-order valence-electron chi connectivity index (χ0n) is 10.8. The van der Waals surface area contributed by atoms with Crippen LogP contribution >= 0.6 is 15.9 Å². The Hall–Kier alpha value is -2.07. The molecule has 0 aliphatic rings. The molecule has 0 fully saturated rings. The van der Waals surface area contributed by atoms with Crippen molar-refractivity contribution in [2.75, 3.05) is 5.32 Å². The Bertz CT molecular complexity index is 792. The summed E-state index contributed by atoms with van der Waals surface area (Å²) in [6.07, 6.45) is 0. The van der Waals surface area contributed by atoms with Gasteiger partial charge in [-0.25, -0.2) is 0 Å². The van der Waals surface area contributed by atoms with Gasteiger partial charge in [0.2, 0.25) is 0 Å². The molecule has 0 saturated carbocycles. The highest BCUT2D eigenvalue weighted by Gasteiger charge is 2.12. The second-order valence-electron chi connectivity index (χ2n) is 4.62. The fourth-order valence-electron chi connectivity index (χ4n) is 2.03. The number of carbonyl (C=O) groups is 1. The van der Waals surface area contributed by atoms with E-state index in [1.54, 1.807) is 6.07 Å². The minimum atomic E-state index is -0.253. The third kappa shape index (κ3) is 2.60. The topological polar surface area (TPSA) is 42.2 Å². The van der Waals surface area contributed by atoms with Crippen LogP contribution in [0, 0.1) is 6.92 Å². The summed E-state index contributed by atoms with van der Waals surface area (Å²) in [5.41, 5.74) is 2.58. The van der Waals surface area contributed by atoms with E-state index < -0.39 is 0 Å². The minimum absolute atomic E-state index is 0.253. The number of fused-ring (bicyclic) bond motifs is 1. The van der Waals surface area contributed by atoms with Gasteiger partial charge in [-0.05, 0) is 43.3 Å². The number of nitrogens with one attached hydrogen (secondary N) is 1. The Morgan fingerprint density at radius 2 is 2.00 bits per heavy atom. The van der Waals surface area contributed by atoms with E-state index in [0.29, 0.717) is 5.76 Å². The molecule has 2 aromatic carbocycles. The first-order valence-electron chi connectivity index (χ1n) is 6.19.